The Bertz CT molecular complexity index is 1680. The average Bonchev–Trinajstić information content (AvgIpc) is 3.24. The minimum Gasteiger partial charge on any atom is -0.454 e. The second kappa shape index (κ2) is 10.7. The summed E-state index contributed by atoms with van der Waals surface area (Å²) in [6.07, 6.45) is 2.42. The average molecular weight is 551 g/mol. The van der Waals surface area contributed by atoms with Crippen molar-refractivity contribution < 1.29 is 28.3 Å². The van der Waals surface area contributed by atoms with Gasteiger partial charge in [0.2, 0.25) is 11.8 Å². The number of hydrogen-bond donors (Lipinski definition) is 0. The van der Waals surface area contributed by atoms with Crippen molar-refractivity contribution in [1.29, 1.82) is 0 Å². The summed E-state index contributed by atoms with van der Waals surface area (Å²) in [5, 5.41) is 0.567. The normalized spacial score (nSPS) is 20.2. The molecule has 1 saturated heterocycles. The Morgan fingerprint density at radius 2 is 1.63 bits per heavy atom. The lowest BCUT2D eigenvalue weighted by atomic mass is 9.76. The number of aromatic nitrogens is 1. The molecule has 2 fully saturated rings. The van der Waals surface area contributed by atoms with Gasteiger partial charge in [0.1, 0.15) is 5.82 Å². The third-order valence-corrected chi connectivity index (χ3v) is 8.05. The summed E-state index contributed by atoms with van der Waals surface area (Å²) in [6, 6.07) is 20.7. The van der Waals surface area contributed by atoms with Crippen molar-refractivity contribution in [2.24, 2.45) is 17.8 Å². The number of Topliss-reactive ketones (excluding diaryl/α,β-unsaturated/α-hetero) is 1. The molecule has 3 atom stereocenters. The number of halogens is 1. The second-order valence-corrected chi connectivity index (χ2v) is 10.8. The molecule has 206 valence electrons. The molecule has 1 aliphatic carbocycles. The van der Waals surface area contributed by atoms with Gasteiger partial charge in [-0.05, 0) is 73.7 Å². The number of esters is 1. The molecule has 2 heterocycles. The number of nitrogens with zero attached hydrogens (tertiary/aromatic N) is 2. The zero-order valence-corrected chi connectivity index (χ0v) is 22.4. The van der Waals surface area contributed by atoms with Gasteiger partial charge in [0.25, 0.3) is 0 Å². The number of benzene rings is 3. The van der Waals surface area contributed by atoms with Crippen LogP contribution in [0.25, 0.3) is 22.2 Å². The maximum atomic E-state index is 13.2. The Morgan fingerprint density at radius 1 is 0.927 bits per heavy atom. The van der Waals surface area contributed by atoms with E-state index in [1.165, 1.54) is 29.2 Å². The topological polar surface area (TPSA) is 93.6 Å². The number of ether oxygens (including phenoxy) is 1. The van der Waals surface area contributed by atoms with Gasteiger partial charge in [-0.1, -0.05) is 37.3 Å². The molecule has 2 amide bonds. The summed E-state index contributed by atoms with van der Waals surface area (Å²) in [6.45, 7) is 1.62. The highest BCUT2D eigenvalue weighted by atomic mass is 19.1. The lowest BCUT2D eigenvalue weighted by Gasteiger charge is -2.25. The predicted molar refractivity (Wildman–Crippen MR) is 151 cm³/mol. The van der Waals surface area contributed by atoms with Crippen molar-refractivity contribution in [2.45, 2.75) is 26.2 Å². The van der Waals surface area contributed by atoms with Crippen LogP contribution in [-0.2, 0) is 14.3 Å². The first kappa shape index (κ1) is 26.5. The number of anilines is 1. The molecule has 1 aromatic heterocycles. The van der Waals surface area contributed by atoms with E-state index in [0.29, 0.717) is 33.8 Å². The van der Waals surface area contributed by atoms with Crippen LogP contribution in [0, 0.1) is 23.6 Å². The van der Waals surface area contributed by atoms with Crippen LogP contribution >= 0.6 is 0 Å². The van der Waals surface area contributed by atoms with Crippen molar-refractivity contribution in [3.8, 4) is 11.3 Å². The fraction of sp³-hybridized carbons (Fsp3) is 0.242. The van der Waals surface area contributed by atoms with Crippen LogP contribution in [0.2, 0.25) is 0 Å². The molecule has 7 nitrogen and oxygen atoms in total. The number of rotatable bonds is 6. The molecule has 2 aliphatic rings. The molecule has 4 aromatic rings. The van der Waals surface area contributed by atoms with E-state index in [4.69, 9.17) is 9.72 Å². The Kier molecular flexibility index (Phi) is 6.91. The zero-order valence-electron chi connectivity index (χ0n) is 22.4. The molecule has 0 bridgehead atoms. The van der Waals surface area contributed by atoms with E-state index in [0.717, 1.165) is 19.3 Å². The molecule has 8 heteroatoms. The molecule has 6 rings (SSSR count). The number of carbonyl (C=O) groups is 4. The lowest BCUT2D eigenvalue weighted by molar-refractivity contribution is -0.122. The molecule has 0 spiro atoms. The van der Waals surface area contributed by atoms with Crippen LogP contribution in [0.3, 0.4) is 0 Å². The number of carbonyl (C=O) groups excluding carboxylic acids is 4. The van der Waals surface area contributed by atoms with Crippen LogP contribution in [-0.4, -0.2) is 35.2 Å². The number of fused-ring (bicyclic) bond motifs is 2. The van der Waals surface area contributed by atoms with Gasteiger partial charge in [0.05, 0.1) is 34.3 Å². The second-order valence-electron chi connectivity index (χ2n) is 10.8. The van der Waals surface area contributed by atoms with Crippen LogP contribution in [0.1, 0.15) is 46.9 Å². The van der Waals surface area contributed by atoms with Crippen LogP contribution in [0.15, 0.2) is 78.9 Å². The first-order valence-electron chi connectivity index (χ1n) is 13.6. The lowest BCUT2D eigenvalue weighted by Crippen LogP contribution is -2.30. The van der Waals surface area contributed by atoms with Crippen molar-refractivity contribution in [2.75, 3.05) is 11.5 Å². The van der Waals surface area contributed by atoms with Gasteiger partial charge in [-0.15, -0.1) is 0 Å². The first-order valence-corrected chi connectivity index (χ1v) is 13.6. The number of hydrogen-bond acceptors (Lipinski definition) is 6. The molecular weight excluding hydrogens is 523 g/mol. The van der Waals surface area contributed by atoms with E-state index in [1.54, 1.807) is 54.6 Å². The number of ketones is 1. The predicted octanol–water partition coefficient (Wildman–Crippen LogP) is 6.01. The first-order chi connectivity index (χ1) is 19.8. The van der Waals surface area contributed by atoms with E-state index in [-0.39, 0.29) is 34.8 Å². The standard InChI is InChI=1S/C33H27FN2O5/c1-19-6-15-25-26(16-19)32(39)36(31(25)38)23-13-9-20(10-14-23)29-17-27(24-4-2-3-5-28(24)35-29)33(40)41-18-30(37)21-7-11-22(34)12-8-21/h2-5,7-14,17,19,25-26H,6,15-16,18H2,1H3. The molecule has 0 N–H and O–H groups in total. The summed E-state index contributed by atoms with van der Waals surface area (Å²) in [7, 11) is 0. The summed E-state index contributed by atoms with van der Waals surface area (Å²) < 4.78 is 18.5. The molecule has 0 radical (unpaired) electrons. The van der Waals surface area contributed by atoms with Crippen LogP contribution < -0.4 is 4.90 Å². The maximum Gasteiger partial charge on any atom is 0.339 e. The minimum atomic E-state index is -0.693. The van der Waals surface area contributed by atoms with Gasteiger partial charge in [0.15, 0.2) is 12.4 Å². The Morgan fingerprint density at radius 3 is 2.39 bits per heavy atom. The number of amides is 2. The molecule has 3 aromatic carbocycles. The smallest absolute Gasteiger partial charge is 0.339 e. The summed E-state index contributed by atoms with van der Waals surface area (Å²) >= 11 is 0. The SMILES string of the molecule is CC1CCC2C(=O)N(c3ccc(-c4cc(C(=O)OCC(=O)c5ccc(F)cc5)c5ccccc5n4)cc3)C(=O)C2C1. The van der Waals surface area contributed by atoms with Crippen molar-refractivity contribution in [3.05, 3.63) is 95.8 Å². The third-order valence-electron chi connectivity index (χ3n) is 8.05. The van der Waals surface area contributed by atoms with Crippen molar-refractivity contribution >= 4 is 40.2 Å². The van der Waals surface area contributed by atoms with Crippen LogP contribution in [0.5, 0.6) is 0 Å². The van der Waals surface area contributed by atoms with E-state index >= 15 is 0 Å². The molecular formula is C33H27FN2O5. The fourth-order valence-electron chi connectivity index (χ4n) is 5.85. The minimum absolute atomic E-state index is 0.135. The maximum absolute atomic E-state index is 13.2. The highest BCUT2D eigenvalue weighted by Gasteiger charge is 2.49. The van der Waals surface area contributed by atoms with E-state index in [1.807, 2.05) is 0 Å². The van der Waals surface area contributed by atoms with Crippen molar-refractivity contribution in [3.63, 3.8) is 0 Å². The molecule has 3 unspecified atom stereocenters. The van der Waals surface area contributed by atoms with E-state index < -0.39 is 24.2 Å². The van der Waals surface area contributed by atoms with Gasteiger partial charge in [0, 0.05) is 16.5 Å². The Labute approximate surface area is 235 Å². The quantitative estimate of drug-likeness (QED) is 0.166. The summed E-state index contributed by atoms with van der Waals surface area (Å²) in [5.74, 6) is -1.95. The zero-order chi connectivity index (χ0) is 28.7. The summed E-state index contributed by atoms with van der Waals surface area (Å²) in [4.78, 5) is 57.8. The Balaban J connectivity index is 1.25. The Hall–Kier alpha value is -4.72. The van der Waals surface area contributed by atoms with Gasteiger partial charge in [-0.2, -0.15) is 0 Å². The molecule has 1 saturated carbocycles. The van der Waals surface area contributed by atoms with Crippen LogP contribution in [0.4, 0.5) is 10.1 Å². The number of pyridine rings is 1. The van der Waals surface area contributed by atoms with Gasteiger partial charge >= 0.3 is 5.97 Å². The fourth-order valence-corrected chi connectivity index (χ4v) is 5.85. The van der Waals surface area contributed by atoms with Crippen molar-refractivity contribution in [1.82, 2.24) is 4.98 Å². The monoisotopic (exact) mass is 550 g/mol. The highest BCUT2D eigenvalue weighted by Crippen LogP contribution is 2.42. The van der Waals surface area contributed by atoms with Gasteiger partial charge in [-0.25, -0.2) is 14.2 Å². The number of imide groups is 1. The third kappa shape index (κ3) is 5.01. The largest absolute Gasteiger partial charge is 0.454 e. The molecule has 1 aliphatic heterocycles. The van der Waals surface area contributed by atoms with E-state index in [2.05, 4.69) is 6.92 Å². The van der Waals surface area contributed by atoms with Gasteiger partial charge in [-0.3, -0.25) is 19.3 Å². The summed E-state index contributed by atoms with van der Waals surface area (Å²) in [5.41, 5.74) is 2.74. The van der Waals surface area contributed by atoms with E-state index in [9.17, 15) is 23.6 Å². The highest BCUT2D eigenvalue weighted by molar-refractivity contribution is 6.22. The molecule has 41 heavy (non-hydrogen) atoms. The number of para-hydroxylation sites is 1. The van der Waals surface area contributed by atoms with Gasteiger partial charge < -0.3 is 4.74 Å².